The van der Waals surface area contributed by atoms with Gasteiger partial charge in [-0.2, -0.15) is 0 Å². The Balaban J connectivity index is 1.94. The molecule has 202 valence electrons. The highest BCUT2D eigenvalue weighted by atomic mass is 16.5. The smallest absolute Gasteiger partial charge is 0.261 e. The number of aryl methyl sites for hydroxylation is 1. The van der Waals surface area contributed by atoms with E-state index in [0.717, 1.165) is 22.3 Å². The third-order valence-electron chi connectivity index (χ3n) is 6.60. The molecule has 3 aromatic carbocycles. The summed E-state index contributed by atoms with van der Waals surface area (Å²) >= 11 is 0. The zero-order valence-electron chi connectivity index (χ0n) is 23.7. The lowest BCUT2D eigenvalue weighted by molar-refractivity contribution is -0.142. The molecule has 2 amide bonds. The molecule has 0 aliphatic rings. The van der Waals surface area contributed by atoms with Gasteiger partial charge in [0.2, 0.25) is 5.91 Å². The second-order valence-corrected chi connectivity index (χ2v) is 11.3. The largest absolute Gasteiger partial charge is 0.483 e. The molecule has 0 saturated heterocycles. The Morgan fingerprint density at radius 2 is 1.53 bits per heavy atom. The highest BCUT2D eigenvalue weighted by Gasteiger charge is 2.31. The first-order chi connectivity index (χ1) is 18.1. The van der Waals surface area contributed by atoms with Crippen molar-refractivity contribution >= 4 is 11.8 Å². The molecule has 5 nitrogen and oxygen atoms in total. The van der Waals surface area contributed by atoms with E-state index in [1.807, 2.05) is 85.8 Å². The van der Waals surface area contributed by atoms with E-state index < -0.39 is 6.04 Å². The zero-order valence-corrected chi connectivity index (χ0v) is 23.7. The van der Waals surface area contributed by atoms with Crippen molar-refractivity contribution in [3.63, 3.8) is 0 Å². The summed E-state index contributed by atoms with van der Waals surface area (Å²) in [5.41, 5.74) is 3.98. The van der Waals surface area contributed by atoms with Crippen LogP contribution in [0.15, 0.2) is 78.9 Å². The van der Waals surface area contributed by atoms with Crippen LogP contribution < -0.4 is 10.1 Å². The van der Waals surface area contributed by atoms with E-state index >= 15 is 0 Å². The Morgan fingerprint density at radius 1 is 0.895 bits per heavy atom. The van der Waals surface area contributed by atoms with Gasteiger partial charge in [-0.3, -0.25) is 9.59 Å². The van der Waals surface area contributed by atoms with Crippen molar-refractivity contribution in [1.82, 2.24) is 10.2 Å². The quantitative estimate of drug-likeness (QED) is 0.337. The maximum atomic E-state index is 13.9. The fraction of sp³-hybridized carbons (Fsp3) is 0.394. The van der Waals surface area contributed by atoms with Crippen molar-refractivity contribution in [3.8, 4) is 5.75 Å². The Bertz CT molecular complexity index is 1200. The van der Waals surface area contributed by atoms with Gasteiger partial charge >= 0.3 is 0 Å². The topological polar surface area (TPSA) is 58.6 Å². The van der Waals surface area contributed by atoms with Crippen molar-refractivity contribution in [2.75, 3.05) is 13.2 Å². The zero-order chi connectivity index (χ0) is 27.7. The maximum Gasteiger partial charge on any atom is 0.261 e. The fourth-order valence-corrected chi connectivity index (χ4v) is 4.38. The summed E-state index contributed by atoms with van der Waals surface area (Å²) in [6.07, 6.45) is 0.418. The number of nitrogens with one attached hydrogen (secondary N) is 1. The number of ether oxygens (including phenoxy) is 1. The first-order valence-corrected chi connectivity index (χ1v) is 13.4. The lowest BCUT2D eigenvalue weighted by Gasteiger charge is -2.32. The van der Waals surface area contributed by atoms with Crippen LogP contribution in [0, 0.1) is 12.8 Å². The number of para-hydroxylation sites is 1. The summed E-state index contributed by atoms with van der Waals surface area (Å²) in [7, 11) is 0. The molecule has 0 bridgehead atoms. The Morgan fingerprint density at radius 3 is 2.18 bits per heavy atom. The van der Waals surface area contributed by atoms with Crippen LogP contribution in [0.4, 0.5) is 0 Å². The molecule has 1 atom stereocenters. The molecule has 0 aliphatic carbocycles. The normalized spacial score (nSPS) is 12.2. The molecule has 3 aromatic rings. The average molecular weight is 515 g/mol. The van der Waals surface area contributed by atoms with Crippen LogP contribution >= 0.6 is 0 Å². The molecule has 0 unspecified atom stereocenters. The number of hydrogen-bond acceptors (Lipinski definition) is 3. The highest BCUT2D eigenvalue weighted by molar-refractivity contribution is 5.88. The predicted molar refractivity (Wildman–Crippen MR) is 154 cm³/mol. The first kappa shape index (κ1) is 29.0. The van der Waals surface area contributed by atoms with Crippen molar-refractivity contribution in [2.45, 2.75) is 66.0 Å². The third-order valence-corrected chi connectivity index (χ3v) is 6.60. The van der Waals surface area contributed by atoms with Gasteiger partial charge in [-0.05, 0) is 46.6 Å². The minimum absolute atomic E-state index is 0.132. The number of benzene rings is 3. The standard InChI is InChI=1S/C33H42N2O3/c1-24(2)21-34-32(37)29(20-26-15-8-7-9-16-26)35(22-27-17-11-10-14-25(27)3)31(36)23-38-30-19-13-12-18-28(30)33(4,5)6/h7-19,24,29H,20-23H2,1-6H3,(H,34,37)/t29-/m1/s1. The lowest BCUT2D eigenvalue weighted by Crippen LogP contribution is -2.52. The Labute approximate surface area is 228 Å². The average Bonchev–Trinajstić information content (AvgIpc) is 2.89. The highest BCUT2D eigenvalue weighted by Crippen LogP contribution is 2.31. The monoisotopic (exact) mass is 514 g/mol. The van der Waals surface area contributed by atoms with Crippen LogP contribution in [0.5, 0.6) is 5.75 Å². The van der Waals surface area contributed by atoms with Gasteiger partial charge in [-0.25, -0.2) is 0 Å². The number of rotatable bonds is 11. The second kappa shape index (κ2) is 13.3. The van der Waals surface area contributed by atoms with E-state index in [2.05, 4.69) is 39.9 Å². The summed E-state index contributed by atoms with van der Waals surface area (Å²) in [5.74, 6) is 0.610. The number of carbonyl (C=O) groups is 2. The van der Waals surface area contributed by atoms with E-state index in [1.165, 1.54) is 0 Å². The summed E-state index contributed by atoms with van der Waals surface area (Å²) < 4.78 is 6.13. The maximum absolute atomic E-state index is 13.9. The Kier molecular flexibility index (Phi) is 10.1. The van der Waals surface area contributed by atoms with Crippen LogP contribution in [0.2, 0.25) is 0 Å². The number of hydrogen-bond donors (Lipinski definition) is 1. The SMILES string of the molecule is Cc1ccccc1CN(C(=O)COc1ccccc1C(C)(C)C)[C@H](Cc1ccccc1)C(=O)NCC(C)C. The van der Waals surface area contributed by atoms with Crippen LogP contribution in [0.3, 0.4) is 0 Å². The summed E-state index contributed by atoms with van der Waals surface area (Å²) in [4.78, 5) is 29.2. The number of carbonyl (C=O) groups excluding carboxylic acids is 2. The molecule has 0 spiro atoms. The van der Waals surface area contributed by atoms with Gasteiger partial charge in [-0.1, -0.05) is 107 Å². The molecule has 0 aliphatic heterocycles. The molecule has 0 fully saturated rings. The summed E-state index contributed by atoms with van der Waals surface area (Å²) in [5, 5.41) is 3.07. The predicted octanol–water partition coefficient (Wildman–Crippen LogP) is 6.08. The Hall–Kier alpha value is -3.60. The summed E-state index contributed by atoms with van der Waals surface area (Å²) in [6, 6.07) is 25.0. The van der Waals surface area contributed by atoms with E-state index in [4.69, 9.17) is 4.74 Å². The van der Waals surface area contributed by atoms with E-state index in [9.17, 15) is 9.59 Å². The molecular weight excluding hydrogens is 472 g/mol. The van der Waals surface area contributed by atoms with Gasteiger partial charge in [-0.15, -0.1) is 0 Å². The lowest BCUT2D eigenvalue weighted by atomic mass is 9.86. The molecule has 0 heterocycles. The molecule has 0 radical (unpaired) electrons. The molecular formula is C33H42N2O3. The number of amides is 2. The number of nitrogens with zero attached hydrogens (tertiary/aromatic N) is 1. The molecule has 3 rings (SSSR count). The van der Waals surface area contributed by atoms with Gasteiger partial charge in [0.1, 0.15) is 11.8 Å². The minimum atomic E-state index is -0.676. The van der Waals surface area contributed by atoms with Crippen LogP contribution in [0.25, 0.3) is 0 Å². The summed E-state index contributed by atoms with van der Waals surface area (Å²) in [6.45, 7) is 13.2. The van der Waals surface area contributed by atoms with Crippen molar-refractivity contribution in [3.05, 3.63) is 101 Å². The molecule has 0 saturated carbocycles. The van der Waals surface area contributed by atoms with Crippen LogP contribution in [0.1, 0.15) is 56.9 Å². The van der Waals surface area contributed by atoms with Crippen LogP contribution in [-0.4, -0.2) is 35.9 Å². The second-order valence-electron chi connectivity index (χ2n) is 11.3. The van der Waals surface area contributed by atoms with Crippen molar-refractivity contribution in [2.24, 2.45) is 5.92 Å². The van der Waals surface area contributed by atoms with Gasteiger partial charge < -0.3 is 15.0 Å². The molecule has 5 heteroatoms. The molecule has 0 aromatic heterocycles. The van der Waals surface area contributed by atoms with Crippen molar-refractivity contribution < 1.29 is 14.3 Å². The van der Waals surface area contributed by atoms with Gasteiger partial charge in [0.15, 0.2) is 6.61 Å². The van der Waals surface area contributed by atoms with Gasteiger partial charge in [0, 0.05) is 19.5 Å². The molecule has 1 N–H and O–H groups in total. The van der Waals surface area contributed by atoms with E-state index in [1.54, 1.807) is 4.90 Å². The van der Waals surface area contributed by atoms with Crippen LogP contribution in [-0.2, 0) is 28.0 Å². The third kappa shape index (κ3) is 8.20. The van der Waals surface area contributed by atoms with E-state index in [-0.39, 0.29) is 23.8 Å². The van der Waals surface area contributed by atoms with Gasteiger partial charge in [0.25, 0.3) is 5.91 Å². The van der Waals surface area contributed by atoms with Gasteiger partial charge in [0.05, 0.1) is 0 Å². The fourth-order valence-electron chi connectivity index (χ4n) is 4.38. The first-order valence-electron chi connectivity index (χ1n) is 13.4. The van der Waals surface area contributed by atoms with Crippen molar-refractivity contribution in [1.29, 1.82) is 0 Å². The minimum Gasteiger partial charge on any atom is -0.483 e. The van der Waals surface area contributed by atoms with E-state index in [0.29, 0.717) is 31.2 Å². The molecule has 38 heavy (non-hydrogen) atoms.